The fourth-order valence-corrected chi connectivity index (χ4v) is 4.25. The smallest absolute Gasteiger partial charge is 0.0616 e. The van der Waals surface area contributed by atoms with Crippen LogP contribution >= 0.6 is 0 Å². The maximum absolute atomic E-state index is 9.86. The van der Waals surface area contributed by atoms with E-state index in [1.807, 2.05) is 0 Å². The van der Waals surface area contributed by atoms with Gasteiger partial charge in [0.05, 0.1) is 6.61 Å². The molecule has 0 bridgehead atoms. The van der Waals surface area contributed by atoms with Gasteiger partial charge in [-0.05, 0) is 52.2 Å². The normalized spacial score (nSPS) is 36.6. The molecule has 2 rings (SSSR count). The van der Waals surface area contributed by atoms with E-state index >= 15 is 0 Å². The highest BCUT2D eigenvalue weighted by molar-refractivity contribution is 4.99. The van der Waals surface area contributed by atoms with E-state index in [1.165, 1.54) is 45.4 Å². The zero-order valence-corrected chi connectivity index (χ0v) is 13.6. The third-order valence-electron chi connectivity index (χ3n) is 5.50. The lowest BCUT2D eigenvalue weighted by Crippen LogP contribution is -2.54. The molecule has 118 valence electrons. The summed E-state index contributed by atoms with van der Waals surface area (Å²) in [5, 5.41) is 13.4. The van der Waals surface area contributed by atoms with E-state index in [-0.39, 0.29) is 5.54 Å². The number of piperazine rings is 1. The molecule has 2 N–H and O–H groups in total. The number of rotatable bonds is 6. The van der Waals surface area contributed by atoms with Crippen LogP contribution in [0.4, 0.5) is 0 Å². The van der Waals surface area contributed by atoms with Gasteiger partial charge in [0.2, 0.25) is 0 Å². The van der Waals surface area contributed by atoms with E-state index in [2.05, 4.69) is 36.0 Å². The third kappa shape index (κ3) is 3.53. The lowest BCUT2D eigenvalue weighted by Gasteiger charge is -2.40. The molecule has 0 aromatic rings. The molecule has 1 heterocycles. The SMILES string of the molecule is CCNC1(CO)CCCC1CCN1CCN(C)CC1C. The van der Waals surface area contributed by atoms with E-state index in [4.69, 9.17) is 0 Å². The Balaban J connectivity index is 1.86. The van der Waals surface area contributed by atoms with Crippen LogP contribution in [0.2, 0.25) is 0 Å². The van der Waals surface area contributed by atoms with Crippen molar-refractivity contribution in [3.05, 3.63) is 0 Å². The van der Waals surface area contributed by atoms with Crippen LogP contribution in [0.15, 0.2) is 0 Å². The Hall–Kier alpha value is -0.160. The summed E-state index contributed by atoms with van der Waals surface area (Å²) in [4.78, 5) is 5.06. The Morgan fingerprint density at radius 1 is 1.35 bits per heavy atom. The molecule has 20 heavy (non-hydrogen) atoms. The molecule has 2 fully saturated rings. The minimum Gasteiger partial charge on any atom is -0.394 e. The van der Waals surface area contributed by atoms with Gasteiger partial charge in [-0.15, -0.1) is 0 Å². The lowest BCUT2D eigenvalue weighted by molar-refractivity contribution is 0.0763. The molecule has 0 spiro atoms. The predicted molar refractivity (Wildman–Crippen MR) is 84.0 cm³/mol. The summed E-state index contributed by atoms with van der Waals surface area (Å²) in [6.45, 7) is 10.5. The summed E-state index contributed by atoms with van der Waals surface area (Å²) in [7, 11) is 2.22. The van der Waals surface area contributed by atoms with Gasteiger partial charge in [-0.1, -0.05) is 13.3 Å². The molecule has 1 aliphatic carbocycles. The molecule has 0 aromatic heterocycles. The Kier molecular flexibility index (Phi) is 5.84. The van der Waals surface area contributed by atoms with E-state index in [9.17, 15) is 5.11 Å². The van der Waals surface area contributed by atoms with Crippen LogP contribution < -0.4 is 5.32 Å². The van der Waals surface area contributed by atoms with E-state index in [0.717, 1.165) is 13.0 Å². The van der Waals surface area contributed by atoms with Crippen LogP contribution in [0.3, 0.4) is 0 Å². The summed E-state index contributed by atoms with van der Waals surface area (Å²) < 4.78 is 0. The number of nitrogens with one attached hydrogen (secondary N) is 1. The summed E-state index contributed by atoms with van der Waals surface area (Å²) in [5.74, 6) is 0.638. The number of likely N-dealkylation sites (N-methyl/N-ethyl adjacent to an activating group) is 2. The van der Waals surface area contributed by atoms with Gasteiger partial charge in [0.25, 0.3) is 0 Å². The Bertz CT molecular complexity index is 299. The van der Waals surface area contributed by atoms with Gasteiger partial charge in [0, 0.05) is 31.2 Å². The number of aliphatic hydroxyl groups is 1. The number of hydrogen-bond acceptors (Lipinski definition) is 4. The van der Waals surface area contributed by atoms with Crippen molar-refractivity contribution < 1.29 is 5.11 Å². The Morgan fingerprint density at radius 3 is 2.80 bits per heavy atom. The maximum atomic E-state index is 9.86. The second-order valence-electron chi connectivity index (χ2n) is 6.87. The zero-order chi connectivity index (χ0) is 14.6. The van der Waals surface area contributed by atoms with E-state index in [1.54, 1.807) is 0 Å². The van der Waals surface area contributed by atoms with Crippen LogP contribution in [-0.2, 0) is 0 Å². The molecule has 3 atom stereocenters. The summed E-state index contributed by atoms with van der Waals surface area (Å²) in [5.41, 5.74) is 0.00453. The van der Waals surface area contributed by atoms with Gasteiger partial charge in [0.1, 0.15) is 0 Å². The minimum absolute atomic E-state index is 0.00453. The average Bonchev–Trinajstić information content (AvgIpc) is 2.82. The van der Waals surface area contributed by atoms with Gasteiger partial charge >= 0.3 is 0 Å². The van der Waals surface area contributed by atoms with Crippen LogP contribution in [0.5, 0.6) is 0 Å². The van der Waals surface area contributed by atoms with Crippen molar-refractivity contribution in [1.82, 2.24) is 15.1 Å². The number of hydrogen-bond donors (Lipinski definition) is 2. The van der Waals surface area contributed by atoms with Crippen LogP contribution in [0, 0.1) is 5.92 Å². The zero-order valence-electron chi connectivity index (χ0n) is 13.6. The molecule has 1 saturated heterocycles. The van der Waals surface area contributed by atoms with Crippen molar-refractivity contribution in [3.8, 4) is 0 Å². The lowest BCUT2D eigenvalue weighted by atomic mass is 9.85. The standard InChI is InChI=1S/C16H33N3O/c1-4-17-16(13-20)8-5-6-15(16)7-9-19-11-10-18(3)12-14(19)2/h14-15,17,20H,4-13H2,1-3H3. The molecule has 3 unspecified atom stereocenters. The quantitative estimate of drug-likeness (QED) is 0.767. The fraction of sp³-hybridized carbons (Fsp3) is 1.00. The highest BCUT2D eigenvalue weighted by Crippen LogP contribution is 2.37. The van der Waals surface area contributed by atoms with Crippen molar-refractivity contribution in [3.63, 3.8) is 0 Å². The van der Waals surface area contributed by atoms with Crippen molar-refractivity contribution >= 4 is 0 Å². The Labute approximate surface area is 124 Å². The summed E-state index contributed by atoms with van der Waals surface area (Å²) in [6, 6.07) is 0.665. The largest absolute Gasteiger partial charge is 0.394 e. The van der Waals surface area contributed by atoms with Gasteiger partial charge in [-0.3, -0.25) is 4.90 Å². The highest BCUT2D eigenvalue weighted by atomic mass is 16.3. The predicted octanol–water partition coefficient (Wildman–Crippen LogP) is 1.15. The van der Waals surface area contributed by atoms with Crippen LogP contribution in [-0.4, -0.2) is 72.9 Å². The van der Waals surface area contributed by atoms with Crippen molar-refractivity contribution in [1.29, 1.82) is 0 Å². The van der Waals surface area contributed by atoms with Crippen molar-refractivity contribution in [2.24, 2.45) is 5.92 Å². The first kappa shape index (κ1) is 16.2. The maximum Gasteiger partial charge on any atom is 0.0616 e. The minimum atomic E-state index is 0.00453. The summed E-state index contributed by atoms with van der Waals surface area (Å²) >= 11 is 0. The first-order valence-corrected chi connectivity index (χ1v) is 8.40. The molecule has 4 nitrogen and oxygen atoms in total. The molecule has 0 aromatic carbocycles. The number of aliphatic hydroxyl groups excluding tert-OH is 1. The van der Waals surface area contributed by atoms with E-state index < -0.39 is 0 Å². The summed E-state index contributed by atoms with van der Waals surface area (Å²) in [6.07, 6.45) is 4.90. The topological polar surface area (TPSA) is 38.7 Å². The van der Waals surface area contributed by atoms with Crippen LogP contribution in [0.1, 0.15) is 39.5 Å². The second-order valence-corrected chi connectivity index (χ2v) is 6.87. The van der Waals surface area contributed by atoms with E-state index in [0.29, 0.717) is 18.6 Å². The third-order valence-corrected chi connectivity index (χ3v) is 5.50. The Morgan fingerprint density at radius 2 is 2.15 bits per heavy atom. The molecule has 0 radical (unpaired) electrons. The molecule has 2 aliphatic rings. The first-order valence-electron chi connectivity index (χ1n) is 8.40. The van der Waals surface area contributed by atoms with Gasteiger partial charge in [0.15, 0.2) is 0 Å². The molecule has 0 amide bonds. The highest BCUT2D eigenvalue weighted by Gasteiger charge is 2.41. The van der Waals surface area contributed by atoms with Crippen molar-refractivity contribution in [2.45, 2.75) is 51.1 Å². The molecular weight excluding hydrogens is 250 g/mol. The number of nitrogens with zero attached hydrogens (tertiary/aromatic N) is 2. The van der Waals surface area contributed by atoms with Crippen LogP contribution in [0.25, 0.3) is 0 Å². The first-order chi connectivity index (χ1) is 9.61. The monoisotopic (exact) mass is 283 g/mol. The van der Waals surface area contributed by atoms with Gasteiger partial charge < -0.3 is 15.3 Å². The average molecular weight is 283 g/mol. The molecule has 4 heteroatoms. The fourth-order valence-electron chi connectivity index (χ4n) is 4.25. The van der Waals surface area contributed by atoms with Crippen molar-refractivity contribution in [2.75, 3.05) is 46.4 Å². The van der Waals surface area contributed by atoms with Gasteiger partial charge in [-0.25, -0.2) is 0 Å². The second kappa shape index (κ2) is 7.21. The molecule has 1 saturated carbocycles. The van der Waals surface area contributed by atoms with Gasteiger partial charge in [-0.2, -0.15) is 0 Å². The molecular formula is C16H33N3O. The molecule has 1 aliphatic heterocycles.